The Morgan fingerprint density at radius 3 is 2.33 bits per heavy atom. The second-order valence-electron chi connectivity index (χ2n) is 4.74. The van der Waals surface area contributed by atoms with E-state index >= 15 is 0 Å². The molecular formula is C12H9F5N4O2S. The topological polar surface area (TPSA) is 73.8 Å². The molecule has 0 aliphatic carbocycles. The molecule has 130 valence electrons. The summed E-state index contributed by atoms with van der Waals surface area (Å²) in [5.74, 6) is -6.67. The van der Waals surface area contributed by atoms with E-state index in [1.165, 1.54) is 25.1 Å². The van der Waals surface area contributed by atoms with E-state index in [1.807, 2.05) is 0 Å². The number of rotatable bonds is 4. The van der Waals surface area contributed by atoms with E-state index in [4.69, 9.17) is 0 Å². The van der Waals surface area contributed by atoms with Gasteiger partial charge in [0.25, 0.3) is 5.69 Å². The van der Waals surface area contributed by atoms with Crippen LogP contribution in [0.15, 0.2) is 28.3 Å². The Bertz CT molecular complexity index is 790. The van der Waals surface area contributed by atoms with Gasteiger partial charge in [0, 0.05) is 23.6 Å². The molecule has 0 aliphatic rings. The second-order valence-corrected chi connectivity index (χ2v) is 5.79. The highest BCUT2D eigenvalue weighted by atomic mass is 32.2. The summed E-state index contributed by atoms with van der Waals surface area (Å²) in [7, 11) is 0.982. The van der Waals surface area contributed by atoms with E-state index in [9.17, 15) is 32.1 Å². The van der Waals surface area contributed by atoms with Crippen molar-refractivity contribution in [2.75, 3.05) is 0 Å². The molecule has 1 heterocycles. The summed E-state index contributed by atoms with van der Waals surface area (Å²) in [6.07, 6.45) is -5.79. The first kappa shape index (κ1) is 18.1. The average molecular weight is 368 g/mol. The van der Waals surface area contributed by atoms with Crippen molar-refractivity contribution in [3.63, 3.8) is 0 Å². The predicted octanol–water partition coefficient (Wildman–Crippen LogP) is 3.84. The maximum Gasteiger partial charge on any atom is 0.461 e. The van der Waals surface area contributed by atoms with Crippen molar-refractivity contribution in [2.24, 2.45) is 7.05 Å². The third-order valence-corrected chi connectivity index (χ3v) is 4.07. The zero-order valence-electron chi connectivity index (χ0n) is 12.1. The predicted molar refractivity (Wildman–Crippen MR) is 72.9 cm³/mol. The number of nitrogens with zero attached hydrogens (tertiary/aromatic N) is 4. The van der Waals surface area contributed by atoms with E-state index in [0.717, 1.165) is 18.8 Å². The minimum absolute atomic E-state index is 0.137. The third kappa shape index (κ3) is 3.18. The van der Waals surface area contributed by atoms with E-state index in [-0.39, 0.29) is 10.8 Å². The van der Waals surface area contributed by atoms with Crippen molar-refractivity contribution < 1.29 is 26.9 Å². The lowest BCUT2D eigenvalue weighted by Crippen LogP contribution is -2.36. The van der Waals surface area contributed by atoms with Crippen molar-refractivity contribution in [3.8, 4) is 0 Å². The van der Waals surface area contributed by atoms with E-state index in [2.05, 4.69) is 10.2 Å². The number of benzene rings is 1. The van der Waals surface area contributed by atoms with Gasteiger partial charge in [-0.15, -0.1) is 10.2 Å². The molecule has 2 aromatic rings. The molecule has 0 N–H and O–H groups in total. The molecule has 0 atom stereocenters. The zero-order valence-corrected chi connectivity index (χ0v) is 13.0. The summed E-state index contributed by atoms with van der Waals surface area (Å²) in [5, 5.41) is 16.8. The lowest BCUT2D eigenvalue weighted by Gasteiger charge is -2.18. The van der Waals surface area contributed by atoms with Crippen LogP contribution in [0.25, 0.3) is 0 Å². The summed E-state index contributed by atoms with van der Waals surface area (Å²) in [4.78, 5) is 10.5. The summed E-state index contributed by atoms with van der Waals surface area (Å²) in [5.41, 5.74) is 0.176. The number of halogens is 5. The van der Waals surface area contributed by atoms with Crippen molar-refractivity contribution >= 4 is 17.4 Å². The first-order valence-corrected chi connectivity index (χ1v) is 7.04. The Morgan fingerprint density at radius 2 is 1.83 bits per heavy atom. The van der Waals surface area contributed by atoms with Gasteiger partial charge in [-0.1, -0.05) is 0 Å². The molecule has 0 radical (unpaired) electrons. The van der Waals surface area contributed by atoms with Gasteiger partial charge in [0.05, 0.1) is 4.92 Å². The standard InChI is InChI=1S/C12H9F5N4O2S/c1-6-5-7(3-4-8(6)21(22)23)24-10-19-18-9(20(10)2)11(13,14)12(15,16)17/h3-5H,1-2H3. The van der Waals surface area contributed by atoms with Crippen LogP contribution in [0.4, 0.5) is 27.6 Å². The van der Waals surface area contributed by atoms with Crippen LogP contribution in [0.1, 0.15) is 11.4 Å². The van der Waals surface area contributed by atoms with Gasteiger partial charge in [-0.2, -0.15) is 22.0 Å². The van der Waals surface area contributed by atoms with Crippen molar-refractivity contribution in [1.82, 2.24) is 14.8 Å². The van der Waals surface area contributed by atoms with Gasteiger partial charge in [-0.05, 0) is 30.8 Å². The molecule has 0 aliphatic heterocycles. The van der Waals surface area contributed by atoms with Gasteiger partial charge in [-0.3, -0.25) is 10.1 Å². The van der Waals surface area contributed by atoms with Crippen LogP contribution in [-0.4, -0.2) is 25.9 Å². The Morgan fingerprint density at radius 1 is 1.21 bits per heavy atom. The first-order chi connectivity index (χ1) is 10.9. The van der Waals surface area contributed by atoms with Crippen LogP contribution >= 0.6 is 11.8 Å². The number of nitro groups is 1. The summed E-state index contributed by atoms with van der Waals surface area (Å²) in [6.45, 7) is 1.47. The smallest absolute Gasteiger partial charge is 0.303 e. The third-order valence-electron chi connectivity index (χ3n) is 3.05. The van der Waals surface area contributed by atoms with Crippen molar-refractivity contribution in [3.05, 3.63) is 39.7 Å². The van der Waals surface area contributed by atoms with Gasteiger partial charge in [0.1, 0.15) is 0 Å². The summed E-state index contributed by atoms with van der Waals surface area (Å²) < 4.78 is 64.5. The molecule has 1 aromatic heterocycles. The molecule has 24 heavy (non-hydrogen) atoms. The molecule has 0 unspecified atom stereocenters. The van der Waals surface area contributed by atoms with Crippen LogP contribution in [0, 0.1) is 17.0 Å². The number of alkyl halides is 5. The molecule has 1 aromatic carbocycles. The SMILES string of the molecule is Cc1cc(Sc2nnc(C(F)(F)C(F)(F)F)n2C)ccc1[N+](=O)[O-]. The van der Waals surface area contributed by atoms with E-state index in [1.54, 1.807) is 0 Å². The monoisotopic (exact) mass is 368 g/mol. The van der Waals surface area contributed by atoms with Gasteiger partial charge >= 0.3 is 12.1 Å². The normalized spacial score (nSPS) is 12.5. The fourth-order valence-corrected chi connectivity index (χ4v) is 2.69. The van der Waals surface area contributed by atoms with Crippen LogP contribution in [0.5, 0.6) is 0 Å². The summed E-state index contributed by atoms with van der Waals surface area (Å²) >= 11 is 0.762. The highest BCUT2D eigenvalue weighted by Crippen LogP contribution is 2.43. The molecule has 0 spiro atoms. The van der Waals surface area contributed by atoms with Gasteiger partial charge in [0.2, 0.25) is 5.82 Å². The molecule has 0 saturated heterocycles. The number of aryl methyl sites for hydroxylation is 1. The number of aromatic nitrogens is 3. The average Bonchev–Trinajstić information content (AvgIpc) is 2.79. The van der Waals surface area contributed by atoms with Crippen molar-refractivity contribution in [1.29, 1.82) is 0 Å². The van der Waals surface area contributed by atoms with Gasteiger partial charge in [0.15, 0.2) is 5.16 Å². The molecule has 0 bridgehead atoms. The molecule has 0 fully saturated rings. The summed E-state index contributed by atoms with van der Waals surface area (Å²) in [6, 6.07) is 3.95. The Labute approximate surface area is 135 Å². The fourth-order valence-electron chi connectivity index (χ4n) is 1.81. The van der Waals surface area contributed by atoms with Gasteiger partial charge < -0.3 is 4.57 Å². The minimum Gasteiger partial charge on any atom is -0.303 e. The Balaban J connectivity index is 2.33. The molecule has 12 heteroatoms. The maximum absolute atomic E-state index is 13.3. The van der Waals surface area contributed by atoms with E-state index in [0.29, 0.717) is 15.0 Å². The minimum atomic E-state index is -5.79. The number of hydrogen-bond donors (Lipinski definition) is 0. The van der Waals surface area contributed by atoms with Gasteiger partial charge in [-0.25, -0.2) is 0 Å². The Hall–Kier alpha value is -2.24. The lowest BCUT2D eigenvalue weighted by molar-refractivity contribution is -0.385. The molecule has 0 amide bonds. The van der Waals surface area contributed by atoms with Crippen LogP contribution in [0.2, 0.25) is 0 Å². The second kappa shape index (κ2) is 6.00. The zero-order chi connectivity index (χ0) is 18.3. The quantitative estimate of drug-likeness (QED) is 0.466. The highest BCUT2D eigenvalue weighted by Gasteiger charge is 2.62. The van der Waals surface area contributed by atoms with Crippen LogP contribution in [0.3, 0.4) is 0 Å². The first-order valence-electron chi connectivity index (χ1n) is 6.22. The van der Waals surface area contributed by atoms with E-state index < -0.39 is 22.8 Å². The Kier molecular flexibility index (Phi) is 4.52. The molecule has 6 nitrogen and oxygen atoms in total. The lowest BCUT2D eigenvalue weighted by atomic mass is 10.2. The molecular weight excluding hydrogens is 359 g/mol. The maximum atomic E-state index is 13.3. The fraction of sp³-hybridized carbons (Fsp3) is 0.333. The number of hydrogen-bond acceptors (Lipinski definition) is 5. The molecule has 2 rings (SSSR count). The largest absolute Gasteiger partial charge is 0.461 e. The van der Waals surface area contributed by atoms with Crippen LogP contribution in [-0.2, 0) is 13.0 Å². The number of nitro benzene ring substituents is 1. The van der Waals surface area contributed by atoms with Crippen LogP contribution < -0.4 is 0 Å². The molecule has 0 saturated carbocycles. The van der Waals surface area contributed by atoms with Crippen molar-refractivity contribution in [2.45, 2.75) is 29.1 Å². The highest BCUT2D eigenvalue weighted by molar-refractivity contribution is 7.99.